The summed E-state index contributed by atoms with van der Waals surface area (Å²) in [5.41, 5.74) is 2.41. The van der Waals surface area contributed by atoms with Gasteiger partial charge in [-0.05, 0) is 30.5 Å². The van der Waals surface area contributed by atoms with Gasteiger partial charge in [-0.2, -0.15) is 0 Å². The molecule has 2 rings (SSSR count). The molecule has 0 heterocycles. The third-order valence-corrected chi connectivity index (χ3v) is 3.91. The average Bonchev–Trinajstić information content (AvgIpc) is 2.38. The van der Waals surface area contributed by atoms with Crippen LogP contribution in [0.2, 0.25) is 0 Å². The summed E-state index contributed by atoms with van der Waals surface area (Å²) < 4.78 is 1.06. The number of aliphatic hydroxyl groups excluding tert-OH is 1. The fourth-order valence-corrected chi connectivity index (χ4v) is 2.76. The van der Waals surface area contributed by atoms with Crippen LogP contribution in [0.5, 0.6) is 0 Å². The molecule has 0 radical (unpaired) electrons. The largest absolute Gasteiger partial charge is 0.393 e. The van der Waals surface area contributed by atoms with Crippen molar-refractivity contribution in [2.45, 2.75) is 25.4 Å². The molecule has 2 aromatic carbocycles. The standard InChI is InChI=1S/C16H17BrO/c1-12(18)15(11-13-7-3-2-4-8-13)14-9-5-6-10-16(14)17/h2-10,12,15,18H,11H2,1H3. The smallest absolute Gasteiger partial charge is 0.0584 e. The van der Waals surface area contributed by atoms with Crippen LogP contribution in [0, 0.1) is 0 Å². The van der Waals surface area contributed by atoms with Crippen LogP contribution in [0.1, 0.15) is 24.0 Å². The SMILES string of the molecule is CC(O)C(Cc1ccccc1)c1ccccc1Br. The van der Waals surface area contributed by atoms with Gasteiger partial charge in [0.05, 0.1) is 6.10 Å². The molecule has 0 aliphatic carbocycles. The lowest BCUT2D eigenvalue weighted by Crippen LogP contribution is -2.17. The van der Waals surface area contributed by atoms with E-state index in [1.807, 2.05) is 43.3 Å². The number of hydrogen-bond acceptors (Lipinski definition) is 1. The van der Waals surface area contributed by atoms with Gasteiger partial charge in [-0.3, -0.25) is 0 Å². The van der Waals surface area contributed by atoms with Gasteiger partial charge in [0, 0.05) is 10.4 Å². The van der Waals surface area contributed by atoms with E-state index in [1.165, 1.54) is 5.56 Å². The second-order valence-electron chi connectivity index (χ2n) is 4.56. The van der Waals surface area contributed by atoms with E-state index >= 15 is 0 Å². The maximum absolute atomic E-state index is 10.0. The summed E-state index contributed by atoms with van der Waals surface area (Å²) in [7, 11) is 0. The van der Waals surface area contributed by atoms with Crippen molar-refractivity contribution in [2.24, 2.45) is 0 Å². The molecule has 0 saturated carbocycles. The maximum atomic E-state index is 10.0. The second kappa shape index (κ2) is 6.17. The number of rotatable bonds is 4. The van der Waals surface area contributed by atoms with Crippen LogP contribution in [-0.2, 0) is 6.42 Å². The fraction of sp³-hybridized carbons (Fsp3) is 0.250. The molecule has 0 bridgehead atoms. The fourth-order valence-electron chi connectivity index (χ4n) is 2.18. The molecule has 0 amide bonds. The minimum absolute atomic E-state index is 0.114. The van der Waals surface area contributed by atoms with Gasteiger partial charge in [0.1, 0.15) is 0 Å². The molecule has 0 aliphatic rings. The number of halogens is 1. The Bertz CT molecular complexity index is 493. The molecule has 2 atom stereocenters. The van der Waals surface area contributed by atoms with Crippen LogP contribution in [0.25, 0.3) is 0 Å². The van der Waals surface area contributed by atoms with Crippen molar-refractivity contribution >= 4 is 15.9 Å². The summed E-state index contributed by atoms with van der Waals surface area (Å²) in [4.78, 5) is 0. The molecule has 1 N–H and O–H groups in total. The first kappa shape index (κ1) is 13.3. The van der Waals surface area contributed by atoms with Gasteiger partial charge in [0.15, 0.2) is 0 Å². The molecule has 0 aromatic heterocycles. The van der Waals surface area contributed by atoms with Gasteiger partial charge in [-0.1, -0.05) is 64.5 Å². The molecule has 18 heavy (non-hydrogen) atoms. The highest BCUT2D eigenvalue weighted by Gasteiger charge is 2.19. The predicted molar refractivity (Wildman–Crippen MR) is 78.7 cm³/mol. The Labute approximate surface area is 117 Å². The Balaban J connectivity index is 2.27. The number of aliphatic hydroxyl groups is 1. The second-order valence-corrected chi connectivity index (χ2v) is 5.41. The summed E-state index contributed by atoms with van der Waals surface area (Å²) in [6.45, 7) is 1.85. The summed E-state index contributed by atoms with van der Waals surface area (Å²) in [5, 5.41) is 10.0. The quantitative estimate of drug-likeness (QED) is 0.899. The van der Waals surface area contributed by atoms with E-state index in [1.54, 1.807) is 0 Å². The molecular weight excluding hydrogens is 288 g/mol. The van der Waals surface area contributed by atoms with E-state index < -0.39 is 0 Å². The van der Waals surface area contributed by atoms with Crippen molar-refractivity contribution < 1.29 is 5.11 Å². The Hall–Kier alpha value is -1.12. The zero-order chi connectivity index (χ0) is 13.0. The molecule has 0 spiro atoms. The molecular formula is C16H17BrO. The van der Waals surface area contributed by atoms with Gasteiger partial charge in [0.2, 0.25) is 0 Å². The molecule has 94 valence electrons. The van der Waals surface area contributed by atoms with Gasteiger partial charge >= 0.3 is 0 Å². The highest BCUT2D eigenvalue weighted by atomic mass is 79.9. The van der Waals surface area contributed by atoms with Crippen molar-refractivity contribution in [1.82, 2.24) is 0 Å². The first-order valence-corrected chi connectivity index (χ1v) is 6.94. The Morgan fingerprint density at radius 2 is 1.61 bits per heavy atom. The van der Waals surface area contributed by atoms with Gasteiger partial charge < -0.3 is 5.11 Å². The predicted octanol–water partition coefficient (Wildman–Crippen LogP) is 4.16. The monoisotopic (exact) mass is 304 g/mol. The van der Waals surface area contributed by atoms with Crippen molar-refractivity contribution in [1.29, 1.82) is 0 Å². The van der Waals surface area contributed by atoms with Gasteiger partial charge in [-0.15, -0.1) is 0 Å². The van der Waals surface area contributed by atoms with E-state index in [2.05, 4.69) is 34.1 Å². The van der Waals surface area contributed by atoms with Crippen molar-refractivity contribution in [3.63, 3.8) is 0 Å². The summed E-state index contributed by atoms with van der Waals surface area (Å²) >= 11 is 3.57. The van der Waals surface area contributed by atoms with Crippen molar-refractivity contribution in [3.8, 4) is 0 Å². The molecule has 0 fully saturated rings. The zero-order valence-electron chi connectivity index (χ0n) is 10.4. The Kier molecular flexibility index (Phi) is 4.56. The highest BCUT2D eigenvalue weighted by Crippen LogP contribution is 2.30. The lowest BCUT2D eigenvalue weighted by atomic mass is 9.88. The number of benzene rings is 2. The molecule has 2 aromatic rings. The van der Waals surface area contributed by atoms with Crippen molar-refractivity contribution in [3.05, 3.63) is 70.2 Å². The molecule has 0 aliphatic heterocycles. The van der Waals surface area contributed by atoms with Crippen molar-refractivity contribution in [2.75, 3.05) is 0 Å². The lowest BCUT2D eigenvalue weighted by Gasteiger charge is -2.21. The third kappa shape index (κ3) is 3.21. The Morgan fingerprint density at radius 1 is 1.00 bits per heavy atom. The van der Waals surface area contributed by atoms with Crippen LogP contribution in [0.3, 0.4) is 0 Å². The summed E-state index contributed by atoms with van der Waals surface area (Å²) in [6.07, 6.45) is 0.477. The first-order valence-electron chi connectivity index (χ1n) is 6.15. The van der Waals surface area contributed by atoms with E-state index in [9.17, 15) is 5.11 Å². The topological polar surface area (TPSA) is 20.2 Å². The van der Waals surface area contributed by atoms with Gasteiger partial charge in [-0.25, -0.2) is 0 Å². The molecule has 1 nitrogen and oxygen atoms in total. The van der Waals surface area contributed by atoms with E-state index in [0.717, 1.165) is 16.5 Å². The van der Waals surface area contributed by atoms with E-state index in [4.69, 9.17) is 0 Å². The average molecular weight is 305 g/mol. The molecule has 0 saturated heterocycles. The van der Waals surface area contributed by atoms with E-state index in [-0.39, 0.29) is 12.0 Å². The first-order chi connectivity index (χ1) is 8.68. The molecule has 2 heteroatoms. The van der Waals surface area contributed by atoms with Crippen LogP contribution in [0.4, 0.5) is 0 Å². The summed E-state index contributed by atoms with van der Waals surface area (Å²) in [6, 6.07) is 18.4. The van der Waals surface area contributed by atoms with Gasteiger partial charge in [0.25, 0.3) is 0 Å². The molecule has 2 unspecified atom stereocenters. The Morgan fingerprint density at radius 3 is 2.22 bits per heavy atom. The highest BCUT2D eigenvalue weighted by molar-refractivity contribution is 9.10. The third-order valence-electron chi connectivity index (χ3n) is 3.19. The maximum Gasteiger partial charge on any atom is 0.0584 e. The van der Waals surface area contributed by atoms with Crippen LogP contribution < -0.4 is 0 Å². The van der Waals surface area contributed by atoms with E-state index in [0.29, 0.717) is 0 Å². The minimum Gasteiger partial charge on any atom is -0.393 e. The zero-order valence-corrected chi connectivity index (χ0v) is 12.0. The normalized spacial score (nSPS) is 14.2. The van der Waals surface area contributed by atoms with Crippen LogP contribution in [0.15, 0.2) is 59.1 Å². The van der Waals surface area contributed by atoms with Crippen LogP contribution in [-0.4, -0.2) is 11.2 Å². The number of hydrogen-bond donors (Lipinski definition) is 1. The minimum atomic E-state index is -0.371. The summed E-state index contributed by atoms with van der Waals surface area (Å²) in [5.74, 6) is 0.114. The van der Waals surface area contributed by atoms with Crippen LogP contribution >= 0.6 is 15.9 Å². The lowest BCUT2D eigenvalue weighted by molar-refractivity contribution is 0.161.